The second kappa shape index (κ2) is 5.23. The van der Waals surface area contributed by atoms with Crippen LogP contribution in [0, 0.1) is 0 Å². The van der Waals surface area contributed by atoms with Gasteiger partial charge in [0.25, 0.3) is 0 Å². The first kappa shape index (κ1) is 15.0. The number of hydrogen-bond acceptors (Lipinski definition) is 2. The van der Waals surface area contributed by atoms with Crippen LogP contribution in [0.2, 0.25) is 0 Å². The largest absolute Gasteiger partial charge is 0.344 e. The lowest BCUT2D eigenvalue weighted by atomic mass is 10.0. The molecule has 1 aliphatic carbocycles. The Morgan fingerprint density at radius 1 is 1.29 bits per heavy atom. The summed E-state index contributed by atoms with van der Waals surface area (Å²) in [5, 5.41) is 1.08. The second-order valence-corrected chi connectivity index (χ2v) is 6.41. The van der Waals surface area contributed by atoms with Crippen LogP contribution < -0.4 is 0 Å². The van der Waals surface area contributed by atoms with Gasteiger partial charge in [0.1, 0.15) is 0 Å². The number of carbonyl (C=O) groups excluding carboxylic acids is 1. The third-order valence-electron chi connectivity index (χ3n) is 4.61. The van der Waals surface area contributed by atoms with Crippen LogP contribution in [0.15, 0.2) is 55.0 Å². The van der Waals surface area contributed by atoms with E-state index in [9.17, 15) is 13.6 Å². The molecule has 1 saturated carbocycles. The molecule has 4 rings (SSSR count). The average molecular weight is 326 g/mol. The van der Waals surface area contributed by atoms with Gasteiger partial charge in [0.2, 0.25) is 5.78 Å². The van der Waals surface area contributed by atoms with Gasteiger partial charge >= 0.3 is 5.92 Å². The Bertz CT molecular complexity index is 926. The lowest BCUT2D eigenvalue weighted by molar-refractivity contribution is 0.0221. The second-order valence-electron chi connectivity index (χ2n) is 6.41. The van der Waals surface area contributed by atoms with E-state index in [4.69, 9.17) is 0 Å². The summed E-state index contributed by atoms with van der Waals surface area (Å²) >= 11 is 0. The summed E-state index contributed by atoms with van der Waals surface area (Å²) in [4.78, 5) is 15.9. The first-order valence-corrected chi connectivity index (χ1v) is 7.88. The molecule has 2 aromatic heterocycles. The number of ketones is 1. The van der Waals surface area contributed by atoms with E-state index in [2.05, 4.69) is 9.55 Å². The predicted molar refractivity (Wildman–Crippen MR) is 87.5 cm³/mol. The zero-order valence-corrected chi connectivity index (χ0v) is 13.1. The van der Waals surface area contributed by atoms with E-state index >= 15 is 0 Å². The highest BCUT2D eigenvalue weighted by molar-refractivity contribution is 6.01. The molecule has 1 aromatic carbocycles. The molecular formula is C19H16F2N2O. The van der Waals surface area contributed by atoms with E-state index in [1.54, 1.807) is 18.3 Å². The van der Waals surface area contributed by atoms with Crippen molar-refractivity contribution in [2.24, 2.45) is 0 Å². The van der Waals surface area contributed by atoms with Crippen LogP contribution in [0.5, 0.6) is 0 Å². The number of pyridine rings is 1. The van der Waals surface area contributed by atoms with Crippen LogP contribution in [-0.2, 0) is 0 Å². The van der Waals surface area contributed by atoms with Gasteiger partial charge in [-0.2, -0.15) is 8.78 Å². The number of alkyl halides is 2. The molecule has 3 aromatic rings. The van der Waals surface area contributed by atoms with E-state index in [1.807, 2.05) is 30.6 Å². The Hall–Kier alpha value is -2.56. The van der Waals surface area contributed by atoms with Gasteiger partial charge in [0, 0.05) is 48.4 Å². The summed E-state index contributed by atoms with van der Waals surface area (Å²) < 4.78 is 28.7. The molecule has 3 nitrogen and oxygen atoms in total. The van der Waals surface area contributed by atoms with E-state index < -0.39 is 11.7 Å². The van der Waals surface area contributed by atoms with Crippen molar-refractivity contribution in [1.82, 2.24) is 9.55 Å². The number of aromatic nitrogens is 2. The number of halogens is 2. The minimum atomic E-state index is -3.34. The molecule has 0 radical (unpaired) electrons. The molecule has 0 aliphatic heterocycles. The maximum atomic E-state index is 13.3. The Labute approximate surface area is 137 Å². The molecule has 2 heterocycles. The Morgan fingerprint density at radius 2 is 2.12 bits per heavy atom. The number of rotatable bonds is 4. The molecule has 24 heavy (non-hydrogen) atoms. The summed E-state index contributed by atoms with van der Waals surface area (Å²) in [6.45, 7) is 0.641. The summed E-state index contributed by atoms with van der Waals surface area (Å²) in [7, 11) is 0. The fraction of sp³-hybridized carbons (Fsp3) is 0.263. The third kappa shape index (κ3) is 2.50. The minimum absolute atomic E-state index is 0.0761. The molecule has 0 N–H and O–H groups in total. The molecule has 2 unspecified atom stereocenters. The number of benzene rings is 1. The van der Waals surface area contributed by atoms with Gasteiger partial charge in [-0.25, -0.2) is 0 Å². The van der Waals surface area contributed by atoms with Crippen LogP contribution in [0.4, 0.5) is 8.78 Å². The smallest absolute Gasteiger partial charge is 0.307 e. The van der Waals surface area contributed by atoms with E-state index in [0.717, 1.165) is 22.9 Å². The number of carbonyl (C=O) groups is 1. The Balaban J connectivity index is 1.62. The molecule has 122 valence electrons. The lowest BCUT2D eigenvalue weighted by Crippen LogP contribution is -2.24. The lowest BCUT2D eigenvalue weighted by Gasteiger charge is -2.10. The Kier molecular flexibility index (Phi) is 3.27. The van der Waals surface area contributed by atoms with Crippen molar-refractivity contribution >= 4 is 16.7 Å². The molecule has 5 heteroatoms. The van der Waals surface area contributed by atoms with Crippen molar-refractivity contribution < 1.29 is 13.6 Å². The summed E-state index contributed by atoms with van der Waals surface area (Å²) in [5.74, 6) is -4.23. The maximum absolute atomic E-state index is 13.3. The van der Waals surface area contributed by atoms with Gasteiger partial charge in [0.05, 0.1) is 5.52 Å². The van der Waals surface area contributed by atoms with Gasteiger partial charge in [-0.3, -0.25) is 9.78 Å². The summed E-state index contributed by atoms with van der Waals surface area (Å²) in [5.41, 5.74) is 2.13. The molecule has 2 atom stereocenters. The molecule has 0 bridgehead atoms. The van der Waals surface area contributed by atoms with Gasteiger partial charge in [-0.1, -0.05) is 18.2 Å². The quantitative estimate of drug-likeness (QED) is 0.657. The van der Waals surface area contributed by atoms with E-state index in [-0.39, 0.29) is 17.5 Å². The topological polar surface area (TPSA) is 34.9 Å². The summed E-state index contributed by atoms with van der Waals surface area (Å²) in [6.07, 6.45) is 6.56. The molecule has 1 aliphatic rings. The van der Waals surface area contributed by atoms with Crippen LogP contribution in [0.25, 0.3) is 10.9 Å². The fourth-order valence-electron chi connectivity index (χ4n) is 3.30. The minimum Gasteiger partial charge on any atom is -0.344 e. The average Bonchev–Trinajstić information content (AvgIpc) is 3.25. The van der Waals surface area contributed by atoms with Crippen molar-refractivity contribution in [3.63, 3.8) is 0 Å². The van der Waals surface area contributed by atoms with Crippen molar-refractivity contribution in [2.45, 2.75) is 31.2 Å². The predicted octanol–water partition coefficient (Wildman–Crippen LogP) is 4.60. The van der Waals surface area contributed by atoms with E-state index in [0.29, 0.717) is 6.92 Å². The first-order valence-electron chi connectivity index (χ1n) is 7.88. The molecular weight excluding hydrogens is 310 g/mol. The van der Waals surface area contributed by atoms with Crippen molar-refractivity contribution in [3.8, 4) is 0 Å². The maximum Gasteiger partial charge on any atom is 0.307 e. The molecule has 1 fully saturated rings. The zero-order chi connectivity index (χ0) is 16.9. The fourth-order valence-corrected chi connectivity index (χ4v) is 3.30. The highest BCUT2D eigenvalue weighted by atomic mass is 19.3. The van der Waals surface area contributed by atoms with Crippen LogP contribution >= 0.6 is 0 Å². The van der Waals surface area contributed by atoms with Gasteiger partial charge in [-0.05, 0) is 30.2 Å². The van der Waals surface area contributed by atoms with Gasteiger partial charge in [0.15, 0.2) is 0 Å². The molecule has 0 saturated heterocycles. The van der Waals surface area contributed by atoms with Gasteiger partial charge in [-0.15, -0.1) is 0 Å². The van der Waals surface area contributed by atoms with Crippen LogP contribution in [-0.4, -0.2) is 21.3 Å². The van der Waals surface area contributed by atoms with Crippen molar-refractivity contribution in [2.75, 3.05) is 0 Å². The highest BCUT2D eigenvalue weighted by Crippen LogP contribution is 2.52. The highest BCUT2D eigenvalue weighted by Gasteiger charge is 2.41. The summed E-state index contributed by atoms with van der Waals surface area (Å²) in [6, 6.07) is 10.9. The normalized spacial score (nSPS) is 20.3. The first-order chi connectivity index (χ1) is 11.4. The molecule has 0 spiro atoms. The van der Waals surface area contributed by atoms with Crippen molar-refractivity contribution in [3.05, 3.63) is 66.1 Å². The van der Waals surface area contributed by atoms with Crippen LogP contribution in [0.1, 0.15) is 41.2 Å². The number of Topliss-reactive ketones (excluding diaryl/α,β-unsaturated/α-hetero) is 1. The Morgan fingerprint density at radius 3 is 2.92 bits per heavy atom. The number of nitrogens with zero attached hydrogens (tertiary/aromatic N) is 2. The third-order valence-corrected chi connectivity index (χ3v) is 4.61. The molecule has 0 amide bonds. The van der Waals surface area contributed by atoms with Gasteiger partial charge < -0.3 is 4.57 Å². The van der Waals surface area contributed by atoms with Crippen molar-refractivity contribution in [1.29, 1.82) is 0 Å². The zero-order valence-electron chi connectivity index (χ0n) is 13.1. The SMILES string of the molecule is CC(F)(F)C(=O)c1cccc(C2CC2n2ccc3cnccc32)c1. The van der Waals surface area contributed by atoms with E-state index in [1.165, 1.54) is 6.07 Å². The number of hydrogen-bond donors (Lipinski definition) is 0. The number of fused-ring (bicyclic) bond motifs is 1. The van der Waals surface area contributed by atoms with Crippen LogP contribution in [0.3, 0.4) is 0 Å². The monoisotopic (exact) mass is 326 g/mol. The standard InChI is InChI=1S/C19H16F2N2O/c1-19(20,21)18(24)13-4-2-3-12(9-13)15-10-17(15)23-8-6-14-11-22-7-5-16(14)23/h2-9,11,15,17H,10H2,1H3.